The molecule has 1 aliphatic rings. The van der Waals surface area contributed by atoms with Crippen molar-refractivity contribution in [1.29, 1.82) is 0 Å². The molecule has 0 spiro atoms. The zero-order valence-electron chi connectivity index (χ0n) is 12.4. The van der Waals surface area contributed by atoms with Crippen LogP contribution in [0.25, 0.3) is 5.69 Å². The summed E-state index contributed by atoms with van der Waals surface area (Å²) in [5.41, 5.74) is 1.66. The third-order valence-electron chi connectivity index (χ3n) is 3.57. The van der Waals surface area contributed by atoms with Crippen molar-refractivity contribution in [3.05, 3.63) is 46.7 Å². The van der Waals surface area contributed by atoms with E-state index < -0.39 is 0 Å². The number of para-hydroxylation sites is 1. The van der Waals surface area contributed by atoms with Gasteiger partial charge in [-0.3, -0.25) is 10.1 Å². The number of hydrogen-bond donors (Lipinski definition) is 1. The van der Waals surface area contributed by atoms with Crippen molar-refractivity contribution in [2.45, 2.75) is 25.7 Å². The highest BCUT2D eigenvalue weighted by Crippen LogP contribution is 2.42. The molecule has 3 aromatic rings. The van der Waals surface area contributed by atoms with Crippen molar-refractivity contribution < 1.29 is 4.79 Å². The molecular formula is C15H14N6OS. The Morgan fingerprint density at radius 3 is 2.74 bits per heavy atom. The van der Waals surface area contributed by atoms with Crippen LogP contribution in [0.3, 0.4) is 0 Å². The van der Waals surface area contributed by atoms with E-state index in [0.29, 0.717) is 16.7 Å². The molecular weight excluding hydrogens is 312 g/mol. The van der Waals surface area contributed by atoms with Gasteiger partial charge < -0.3 is 0 Å². The Kier molecular flexibility index (Phi) is 3.38. The van der Waals surface area contributed by atoms with E-state index in [1.54, 1.807) is 6.92 Å². The summed E-state index contributed by atoms with van der Waals surface area (Å²) in [5.74, 6) is 0.210. The smallest absolute Gasteiger partial charge is 0.279 e. The lowest BCUT2D eigenvalue weighted by atomic mass is 10.3. The maximum atomic E-state index is 12.4. The second kappa shape index (κ2) is 5.54. The average molecular weight is 326 g/mol. The number of rotatable bonds is 4. The second-order valence-electron chi connectivity index (χ2n) is 5.43. The van der Waals surface area contributed by atoms with E-state index in [0.717, 1.165) is 23.5 Å². The van der Waals surface area contributed by atoms with Crippen molar-refractivity contribution in [2.75, 3.05) is 5.32 Å². The van der Waals surface area contributed by atoms with E-state index in [4.69, 9.17) is 0 Å². The van der Waals surface area contributed by atoms with Gasteiger partial charge in [-0.2, -0.15) is 9.90 Å². The minimum atomic E-state index is -0.317. The second-order valence-corrected chi connectivity index (χ2v) is 6.44. The van der Waals surface area contributed by atoms with Crippen LogP contribution in [0.2, 0.25) is 0 Å². The maximum absolute atomic E-state index is 12.4. The first-order chi connectivity index (χ1) is 11.2. The molecule has 1 amide bonds. The summed E-state index contributed by atoms with van der Waals surface area (Å²) in [5, 5.41) is 21.0. The molecule has 1 N–H and O–H groups in total. The molecule has 0 atom stereocenters. The third-order valence-corrected chi connectivity index (χ3v) is 4.57. The van der Waals surface area contributed by atoms with Crippen LogP contribution in [-0.2, 0) is 0 Å². The highest BCUT2D eigenvalue weighted by Gasteiger charge is 2.28. The minimum Gasteiger partial charge on any atom is -0.295 e. The third kappa shape index (κ3) is 2.85. The maximum Gasteiger partial charge on any atom is 0.279 e. The van der Waals surface area contributed by atoms with Gasteiger partial charge in [0, 0.05) is 5.92 Å². The number of carbonyl (C=O) groups excluding carboxylic acids is 1. The van der Waals surface area contributed by atoms with E-state index >= 15 is 0 Å². The molecule has 2 heterocycles. The van der Waals surface area contributed by atoms with Gasteiger partial charge in [0.05, 0.1) is 11.4 Å². The van der Waals surface area contributed by atoms with Crippen molar-refractivity contribution >= 4 is 22.4 Å². The Morgan fingerprint density at radius 2 is 2.00 bits per heavy atom. The largest absolute Gasteiger partial charge is 0.295 e. The van der Waals surface area contributed by atoms with E-state index in [1.165, 1.54) is 16.1 Å². The molecule has 1 aromatic carbocycles. The van der Waals surface area contributed by atoms with Gasteiger partial charge in [-0.25, -0.2) is 0 Å². The standard InChI is InChI=1S/C15H14N6OS/c1-9-12(20-21(19-9)11-5-3-2-4-6-11)13(22)16-15-18-17-14(23-15)10-7-8-10/h2-6,10H,7-8H2,1H3,(H,16,18,22). The van der Waals surface area contributed by atoms with Gasteiger partial charge in [-0.05, 0) is 31.9 Å². The summed E-state index contributed by atoms with van der Waals surface area (Å²) >= 11 is 1.43. The average Bonchev–Trinajstić information content (AvgIpc) is 3.19. The number of nitrogens with one attached hydrogen (secondary N) is 1. The fourth-order valence-electron chi connectivity index (χ4n) is 2.20. The van der Waals surface area contributed by atoms with E-state index in [2.05, 4.69) is 25.7 Å². The summed E-state index contributed by atoms with van der Waals surface area (Å²) in [7, 11) is 0. The Bertz CT molecular complexity index is 852. The molecule has 4 rings (SSSR count). The van der Waals surface area contributed by atoms with Gasteiger partial charge in [-0.1, -0.05) is 29.5 Å². The van der Waals surface area contributed by atoms with E-state index in [-0.39, 0.29) is 11.6 Å². The lowest BCUT2D eigenvalue weighted by molar-refractivity contribution is 0.102. The van der Waals surface area contributed by atoms with Crippen LogP contribution in [-0.4, -0.2) is 31.1 Å². The Morgan fingerprint density at radius 1 is 1.22 bits per heavy atom. The summed E-state index contributed by atoms with van der Waals surface area (Å²) in [6, 6.07) is 9.48. The van der Waals surface area contributed by atoms with Crippen molar-refractivity contribution in [3.8, 4) is 5.69 Å². The number of anilines is 1. The van der Waals surface area contributed by atoms with Crippen LogP contribution in [0.4, 0.5) is 5.13 Å². The molecule has 0 saturated heterocycles. The molecule has 23 heavy (non-hydrogen) atoms. The fourth-order valence-corrected chi connectivity index (χ4v) is 3.11. The van der Waals surface area contributed by atoms with Gasteiger partial charge in [0.15, 0.2) is 5.69 Å². The molecule has 0 radical (unpaired) electrons. The van der Waals surface area contributed by atoms with Crippen molar-refractivity contribution in [1.82, 2.24) is 25.2 Å². The molecule has 116 valence electrons. The van der Waals surface area contributed by atoms with Gasteiger partial charge in [-0.15, -0.1) is 15.3 Å². The molecule has 1 saturated carbocycles. The van der Waals surface area contributed by atoms with Crippen LogP contribution in [0, 0.1) is 6.92 Å². The van der Waals surface area contributed by atoms with Crippen LogP contribution >= 0.6 is 11.3 Å². The summed E-state index contributed by atoms with van der Waals surface area (Å²) in [6.07, 6.45) is 2.32. The van der Waals surface area contributed by atoms with Crippen LogP contribution in [0.5, 0.6) is 0 Å². The molecule has 0 bridgehead atoms. The zero-order valence-corrected chi connectivity index (χ0v) is 13.2. The number of carbonyl (C=O) groups is 1. The Labute approximate surface area is 136 Å². The van der Waals surface area contributed by atoms with Gasteiger partial charge in [0.2, 0.25) is 5.13 Å². The van der Waals surface area contributed by atoms with Crippen molar-refractivity contribution in [2.24, 2.45) is 0 Å². The topological polar surface area (TPSA) is 85.6 Å². The molecule has 0 aliphatic heterocycles. The predicted molar refractivity (Wildman–Crippen MR) is 85.9 cm³/mol. The molecule has 2 aromatic heterocycles. The number of aryl methyl sites for hydroxylation is 1. The van der Waals surface area contributed by atoms with Crippen LogP contribution in [0.15, 0.2) is 30.3 Å². The zero-order chi connectivity index (χ0) is 15.8. The number of aromatic nitrogens is 5. The van der Waals surface area contributed by atoms with Gasteiger partial charge in [0.25, 0.3) is 5.91 Å². The number of amides is 1. The summed E-state index contributed by atoms with van der Waals surface area (Å²) in [6.45, 7) is 1.76. The first kappa shape index (κ1) is 14.0. The highest BCUT2D eigenvalue weighted by molar-refractivity contribution is 7.15. The molecule has 8 heteroatoms. The van der Waals surface area contributed by atoms with E-state index in [1.807, 2.05) is 30.3 Å². The number of nitrogens with zero attached hydrogens (tertiary/aromatic N) is 5. The monoisotopic (exact) mass is 326 g/mol. The normalized spacial score (nSPS) is 14.0. The Balaban J connectivity index is 1.54. The van der Waals surface area contributed by atoms with Crippen molar-refractivity contribution in [3.63, 3.8) is 0 Å². The van der Waals surface area contributed by atoms with Crippen LogP contribution < -0.4 is 5.32 Å². The Hall–Kier alpha value is -2.61. The lowest BCUT2D eigenvalue weighted by Gasteiger charge is -1.98. The van der Waals surface area contributed by atoms with Gasteiger partial charge in [0.1, 0.15) is 5.01 Å². The number of benzene rings is 1. The molecule has 7 nitrogen and oxygen atoms in total. The SMILES string of the molecule is Cc1nn(-c2ccccc2)nc1C(=O)Nc1nnc(C2CC2)s1. The molecule has 1 aliphatic carbocycles. The quantitative estimate of drug-likeness (QED) is 0.796. The molecule has 1 fully saturated rings. The highest BCUT2D eigenvalue weighted by atomic mass is 32.1. The first-order valence-corrected chi connectivity index (χ1v) is 8.16. The summed E-state index contributed by atoms with van der Waals surface area (Å²) in [4.78, 5) is 13.8. The van der Waals surface area contributed by atoms with E-state index in [9.17, 15) is 4.79 Å². The fraction of sp³-hybridized carbons (Fsp3) is 0.267. The predicted octanol–water partition coefficient (Wildman–Crippen LogP) is 2.56. The van der Waals surface area contributed by atoms with Crippen LogP contribution in [0.1, 0.15) is 39.9 Å². The first-order valence-electron chi connectivity index (χ1n) is 7.35. The van der Waals surface area contributed by atoms with Gasteiger partial charge >= 0.3 is 0 Å². The lowest BCUT2D eigenvalue weighted by Crippen LogP contribution is -2.14. The minimum absolute atomic E-state index is 0.289. The molecule has 0 unspecified atom stereocenters. The number of hydrogen-bond acceptors (Lipinski definition) is 6. The summed E-state index contributed by atoms with van der Waals surface area (Å²) < 4.78 is 0.